The van der Waals surface area contributed by atoms with E-state index in [0.717, 1.165) is 0 Å². The highest BCUT2D eigenvalue weighted by Crippen LogP contribution is 2.03. The van der Waals surface area contributed by atoms with Gasteiger partial charge in [-0.3, -0.25) is 14.2 Å². The molecule has 1 aromatic carbocycles. The number of esters is 2. The van der Waals surface area contributed by atoms with Gasteiger partial charge in [-0.1, -0.05) is 12.1 Å². The molecule has 0 aliphatic carbocycles. The van der Waals surface area contributed by atoms with Crippen LogP contribution in [0.2, 0.25) is 0 Å². The number of ether oxygens (including phenoxy) is 2. The molecular weight excluding hydrogens is 358 g/mol. The first-order valence-electron chi connectivity index (χ1n) is 8.23. The van der Waals surface area contributed by atoms with E-state index in [1.165, 1.54) is 19.9 Å². The van der Waals surface area contributed by atoms with E-state index in [1.54, 1.807) is 18.2 Å². The van der Waals surface area contributed by atoms with Gasteiger partial charge in [0.1, 0.15) is 6.54 Å². The predicted molar refractivity (Wildman–Crippen MR) is 94.0 cm³/mol. The molecule has 0 aliphatic heterocycles. The molecule has 0 unspecified atom stereocenters. The van der Waals surface area contributed by atoms with Crippen LogP contribution in [0.15, 0.2) is 33.9 Å². The Hall–Kier alpha value is -3.43. The molecule has 0 fully saturated rings. The van der Waals surface area contributed by atoms with E-state index >= 15 is 0 Å². The number of amides is 1. The zero-order valence-corrected chi connectivity index (χ0v) is 14.8. The van der Waals surface area contributed by atoms with Crippen molar-refractivity contribution in [2.45, 2.75) is 26.4 Å². The van der Waals surface area contributed by atoms with Gasteiger partial charge < -0.3 is 19.8 Å². The summed E-state index contributed by atoms with van der Waals surface area (Å²) in [6, 6.07) is 4.64. The van der Waals surface area contributed by atoms with Crippen molar-refractivity contribution >= 4 is 28.7 Å². The zero-order valence-electron chi connectivity index (χ0n) is 14.8. The van der Waals surface area contributed by atoms with Gasteiger partial charge in [-0.15, -0.1) is 0 Å². The summed E-state index contributed by atoms with van der Waals surface area (Å²) in [6.07, 6.45) is 0. The molecule has 0 saturated heterocycles. The number of benzene rings is 1. The first kappa shape index (κ1) is 19.9. The number of rotatable bonds is 7. The molecule has 1 heterocycles. The summed E-state index contributed by atoms with van der Waals surface area (Å²) >= 11 is 0. The van der Waals surface area contributed by atoms with E-state index in [-0.39, 0.29) is 18.6 Å². The summed E-state index contributed by atoms with van der Waals surface area (Å²) in [4.78, 5) is 63.0. The summed E-state index contributed by atoms with van der Waals surface area (Å²) < 4.78 is 10.1. The molecule has 0 bridgehead atoms. The van der Waals surface area contributed by atoms with Gasteiger partial charge in [0.05, 0.1) is 24.1 Å². The highest BCUT2D eigenvalue weighted by atomic mass is 16.6. The van der Waals surface area contributed by atoms with E-state index < -0.39 is 41.7 Å². The van der Waals surface area contributed by atoms with Crippen LogP contribution in [-0.4, -0.2) is 46.7 Å². The molecule has 2 aromatic rings. The Morgan fingerprint density at radius 1 is 1.07 bits per heavy atom. The minimum absolute atomic E-state index is 0.00555. The van der Waals surface area contributed by atoms with Gasteiger partial charge >= 0.3 is 17.6 Å². The quantitative estimate of drug-likeness (QED) is 0.481. The SMILES string of the molecule is CCOC(=O)C(NC(=O)Cn1c(=O)[nH]c2ccccc2c1=O)C(=O)OCC. The van der Waals surface area contributed by atoms with Crippen LogP contribution in [0.25, 0.3) is 10.9 Å². The number of aromatic amines is 1. The number of nitrogens with one attached hydrogen (secondary N) is 2. The molecule has 144 valence electrons. The Bertz CT molecular complexity index is 958. The van der Waals surface area contributed by atoms with Crippen molar-refractivity contribution in [3.8, 4) is 0 Å². The fourth-order valence-corrected chi connectivity index (χ4v) is 2.36. The van der Waals surface area contributed by atoms with E-state index in [0.29, 0.717) is 10.1 Å². The van der Waals surface area contributed by atoms with E-state index in [4.69, 9.17) is 9.47 Å². The number of carbonyl (C=O) groups is 3. The van der Waals surface area contributed by atoms with Crippen LogP contribution < -0.4 is 16.6 Å². The second-order valence-corrected chi connectivity index (χ2v) is 5.37. The summed E-state index contributed by atoms with van der Waals surface area (Å²) in [5.41, 5.74) is -1.13. The van der Waals surface area contributed by atoms with Crippen LogP contribution in [0, 0.1) is 0 Å². The lowest BCUT2D eigenvalue weighted by molar-refractivity contribution is -0.159. The van der Waals surface area contributed by atoms with Crippen LogP contribution in [0.1, 0.15) is 13.8 Å². The van der Waals surface area contributed by atoms with Crippen LogP contribution >= 0.6 is 0 Å². The molecule has 1 aromatic heterocycles. The van der Waals surface area contributed by atoms with Crippen molar-refractivity contribution < 1.29 is 23.9 Å². The number of hydrogen-bond acceptors (Lipinski definition) is 7. The maximum Gasteiger partial charge on any atom is 0.340 e. The second-order valence-electron chi connectivity index (χ2n) is 5.37. The first-order chi connectivity index (χ1) is 12.9. The first-order valence-corrected chi connectivity index (χ1v) is 8.23. The molecule has 0 radical (unpaired) electrons. The average molecular weight is 377 g/mol. The van der Waals surface area contributed by atoms with E-state index in [2.05, 4.69) is 10.3 Å². The number of H-pyrrole nitrogens is 1. The largest absolute Gasteiger partial charge is 0.464 e. The predicted octanol–water partition coefficient (Wildman–Crippen LogP) is -0.699. The third-order valence-electron chi connectivity index (χ3n) is 3.54. The molecule has 10 heteroatoms. The lowest BCUT2D eigenvalue weighted by atomic mass is 10.2. The van der Waals surface area contributed by atoms with Crippen molar-refractivity contribution in [3.05, 3.63) is 45.1 Å². The molecule has 1 amide bonds. The smallest absolute Gasteiger partial charge is 0.340 e. The molecule has 2 rings (SSSR count). The monoisotopic (exact) mass is 377 g/mol. The molecule has 0 atom stereocenters. The van der Waals surface area contributed by atoms with Crippen LogP contribution in [0.3, 0.4) is 0 Å². The number of para-hydroxylation sites is 1. The minimum Gasteiger partial charge on any atom is -0.464 e. The Morgan fingerprint density at radius 3 is 2.26 bits per heavy atom. The van der Waals surface area contributed by atoms with Crippen LogP contribution in [0.5, 0.6) is 0 Å². The van der Waals surface area contributed by atoms with Crippen molar-refractivity contribution in [2.24, 2.45) is 0 Å². The lowest BCUT2D eigenvalue weighted by Gasteiger charge is -2.16. The third-order valence-corrected chi connectivity index (χ3v) is 3.54. The second kappa shape index (κ2) is 8.79. The molecule has 0 saturated carbocycles. The molecule has 0 aliphatic rings. The van der Waals surface area contributed by atoms with Gasteiger partial charge in [-0.25, -0.2) is 14.4 Å². The molecular formula is C17H19N3O7. The molecule has 10 nitrogen and oxygen atoms in total. The Morgan fingerprint density at radius 2 is 1.67 bits per heavy atom. The Labute approximate surface area is 153 Å². The van der Waals surface area contributed by atoms with Gasteiger partial charge in [0, 0.05) is 0 Å². The van der Waals surface area contributed by atoms with Crippen molar-refractivity contribution in [3.63, 3.8) is 0 Å². The highest BCUT2D eigenvalue weighted by molar-refractivity contribution is 6.02. The molecule has 2 N–H and O–H groups in total. The fraction of sp³-hybridized carbons (Fsp3) is 0.353. The Kier molecular flexibility index (Phi) is 6.47. The fourth-order valence-electron chi connectivity index (χ4n) is 2.36. The summed E-state index contributed by atoms with van der Waals surface area (Å²) in [5, 5.41) is 2.36. The van der Waals surface area contributed by atoms with Crippen LogP contribution in [-0.2, 0) is 30.4 Å². The van der Waals surface area contributed by atoms with E-state index in [9.17, 15) is 24.0 Å². The van der Waals surface area contributed by atoms with E-state index in [1.807, 2.05) is 0 Å². The average Bonchev–Trinajstić information content (AvgIpc) is 2.63. The zero-order chi connectivity index (χ0) is 20.0. The lowest BCUT2D eigenvalue weighted by Crippen LogP contribution is -2.50. The van der Waals surface area contributed by atoms with Crippen molar-refractivity contribution in [1.82, 2.24) is 14.9 Å². The summed E-state index contributed by atoms with van der Waals surface area (Å²) in [5.74, 6) is -2.89. The summed E-state index contributed by atoms with van der Waals surface area (Å²) in [7, 11) is 0. The number of fused-ring (bicyclic) bond motifs is 1. The number of hydrogen-bond donors (Lipinski definition) is 2. The maximum absolute atomic E-state index is 12.4. The van der Waals surface area contributed by atoms with Gasteiger partial charge in [0.15, 0.2) is 0 Å². The number of carbonyl (C=O) groups excluding carboxylic acids is 3. The topological polar surface area (TPSA) is 137 Å². The molecule has 0 spiro atoms. The number of nitrogens with zero attached hydrogens (tertiary/aromatic N) is 1. The van der Waals surface area contributed by atoms with Crippen molar-refractivity contribution in [1.29, 1.82) is 0 Å². The Balaban J connectivity index is 2.26. The highest BCUT2D eigenvalue weighted by Gasteiger charge is 2.31. The van der Waals surface area contributed by atoms with Gasteiger partial charge in [0.25, 0.3) is 5.56 Å². The van der Waals surface area contributed by atoms with Gasteiger partial charge in [-0.2, -0.15) is 0 Å². The maximum atomic E-state index is 12.4. The third kappa shape index (κ3) is 4.60. The number of aromatic nitrogens is 2. The standard InChI is InChI=1S/C17H19N3O7/c1-3-26-15(23)13(16(24)27-4-2)19-12(21)9-20-14(22)10-7-5-6-8-11(10)18-17(20)25/h5-8,13H,3-4,9H2,1-2H3,(H,18,25)(H,19,21). The van der Waals surface area contributed by atoms with Gasteiger partial charge in [-0.05, 0) is 26.0 Å². The van der Waals surface area contributed by atoms with Crippen molar-refractivity contribution in [2.75, 3.05) is 13.2 Å². The van der Waals surface area contributed by atoms with Crippen LogP contribution in [0.4, 0.5) is 0 Å². The van der Waals surface area contributed by atoms with Gasteiger partial charge in [0.2, 0.25) is 11.9 Å². The normalized spacial score (nSPS) is 10.6. The minimum atomic E-state index is -1.69. The summed E-state index contributed by atoms with van der Waals surface area (Å²) in [6.45, 7) is 2.38. The molecule has 27 heavy (non-hydrogen) atoms.